The smallest absolute Gasteiger partial charge is 0.191 e. The van der Waals surface area contributed by atoms with Crippen molar-refractivity contribution in [2.24, 2.45) is 4.99 Å². The Bertz CT molecular complexity index is 680. The number of ether oxygens (including phenoxy) is 1. The molecule has 2 aromatic carbocycles. The lowest BCUT2D eigenvalue weighted by molar-refractivity contribution is 0.412. The zero-order valence-corrected chi connectivity index (χ0v) is 17.4. The van der Waals surface area contributed by atoms with Gasteiger partial charge in [-0.15, -0.1) is 24.0 Å². The Morgan fingerprint density at radius 1 is 1.08 bits per heavy atom. The van der Waals surface area contributed by atoms with Crippen molar-refractivity contribution >= 4 is 45.9 Å². The van der Waals surface area contributed by atoms with Crippen LogP contribution < -0.4 is 15.4 Å². The lowest BCUT2D eigenvalue weighted by atomic mass is 10.2. The highest BCUT2D eigenvalue weighted by Gasteiger charge is 2.03. The standard InChI is InChI=1S/C17H19BrFN3O.HI/c1-20-17(21-10-12-3-6-14(19)7-4-12)22-11-13-5-8-16(23-2)15(18)9-13;/h3-9H,10-11H2,1-2H3,(H2,20,21,22);1H. The summed E-state index contributed by atoms with van der Waals surface area (Å²) < 4.78 is 19.0. The molecule has 0 radical (unpaired) electrons. The summed E-state index contributed by atoms with van der Waals surface area (Å²) in [6.45, 7) is 1.21. The molecule has 0 amide bonds. The number of nitrogens with one attached hydrogen (secondary N) is 2. The molecule has 2 aromatic rings. The Labute approximate surface area is 167 Å². The SMILES string of the molecule is CN=C(NCc1ccc(F)cc1)NCc1ccc(OC)c(Br)c1.I. The lowest BCUT2D eigenvalue weighted by Crippen LogP contribution is -2.36. The first-order valence-electron chi connectivity index (χ1n) is 7.13. The third kappa shape index (κ3) is 6.27. The summed E-state index contributed by atoms with van der Waals surface area (Å²) in [5.41, 5.74) is 2.09. The van der Waals surface area contributed by atoms with E-state index in [4.69, 9.17) is 4.74 Å². The predicted octanol–water partition coefficient (Wildman–Crippen LogP) is 4.08. The number of nitrogens with zero attached hydrogens (tertiary/aromatic N) is 1. The Hall–Kier alpha value is -1.35. The van der Waals surface area contributed by atoms with Crippen molar-refractivity contribution in [3.05, 3.63) is 63.9 Å². The highest BCUT2D eigenvalue weighted by Crippen LogP contribution is 2.25. The highest BCUT2D eigenvalue weighted by molar-refractivity contribution is 14.0. The maximum Gasteiger partial charge on any atom is 0.191 e. The van der Waals surface area contributed by atoms with E-state index in [9.17, 15) is 4.39 Å². The van der Waals surface area contributed by atoms with Crippen molar-refractivity contribution in [3.8, 4) is 5.75 Å². The van der Waals surface area contributed by atoms with Crippen LogP contribution in [0.2, 0.25) is 0 Å². The van der Waals surface area contributed by atoms with Gasteiger partial charge in [0.15, 0.2) is 5.96 Å². The summed E-state index contributed by atoms with van der Waals surface area (Å²) in [7, 11) is 3.35. The molecule has 24 heavy (non-hydrogen) atoms. The topological polar surface area (TPSA) is 45.7 Å². The summed E-state index contributed by atoms with van der Waals surface area (Å²) in [6.07, 6.45) is 0. The number of methoxy groups -OCH3 is 1. The van der Waals surface area contributed by atoms with Gasteiger partial charge in [0.25, 0.3) is 0 Å². The van der Waals surface area contributed by atoms with E-state index in [0.717, 1.165) is 21.3 Å². The molecule has 0 saturated heterocycles. The average Bonchev–Trinajstić information content (AvgIpc) is 2.56. The monoisotopic (exact) mass is 507 g/mol. The van der Waals surface area contributed by atoms with Crippen LogP contribution in [-0.2, 0) is 13.1 Å². The molecule has 130 valence electrons. The third-order valence-corrected chi connectivity index (χ3v) is 3.89. The predicted molar refractivity (Wildman–Crippen MR) is 110 cm³/mol. The molecule has 0 atom stereocenters. The first-order valence-corrected chi connectivity index (χ1v) is 7.93. The average molecular weight is 508 g/mol. The largest absolute Gasteiger partial charge is 0.496 e. The summed E-state index contributed by atoms with van der Waals surface area (Å²) in [5, 5.41) is 6.43. The maximum atomic E-state index is 12.9. The van der Waals surface area contributed by atoms with Gasteiger partial charge < -0.3 is 15.4 Å². The van der Waals surface area contributed by atoms with E-state index >= 15 is 0 Å². The molecule has 0 aliphatic rings. The second-order valence-electron chi connectivity index (χ2n) is 4.87. The molecule has 0 heterocycles. The number of aliphatic imine (C=N–C) groups is 1. The lowest BCUT2D eigenvalue weighted by Gasteiger charge is -2.13. The van der Waals surface area contributed by atoms with Crippen molar-refractivity contribution in [1.29, 1.82) is 0 Å². The minimum absolute atomic E-state index is 0. The van der Waals surface area contributed by atoms with Gasteiger partial charge in [-0.05, 0) is 51.3 Å². The van der Waals surface area contributed by atoms with Crippen LogP contribution in [0.25, 0.3) is 0 Å². The summed E-state index contributed by atoms with van der Waals surface area (Å²) in [4.78, 5) is 4.18. The Morgan fingerprint density at radius 3 is 2.21 bits per heavy atom. The van der Waals surface area contributed by atoms with Crippen LogP contribution in [0, 0.1) is 5.82 Å². The van der Waals surface area contributed by atoms with Crippen molar-refractivity contribution in [2.75, 3.05) is 14.2 Å². The van der Waals surface area contributed by atoms with Gasteiger partial charge in [-0.1, -0.05) is 18.2 Å². The van der Waals surface area contributed by atoms with Crippen LogP contribution in [0.5, 0.6) is 5.75 Å². The first-order chi connectivity index (χ1) is 11.1. The molecule has 0 spiro atoms. The minimum atomic E-state index is -0.235. The molecule has 2 rings (SSSR count). The molecule has 4 nitrogen and oxygen atoms in total. The van der Waals surface area contributed by atoms with Crippen LogP contribution in [-0.4, -0.2) is 20.1 Å². The molecular formula is C17H20BrFIN3O. The van der Waals surface area contributed by atoms with Crippen molar-refractivity contribution in [3.63, 3.8) is 0 Å². The molecule has 2 N–H and O–H groups in total. The molecule has 0 aliphatic carbocycles. The molecule has 0 saturated carbocycles. The highest BCUT2D eigenvalue weighted by atomic mass is 127. The summed E-state index contributed by atoms with van der Waals surface area (Å²) in [5.74, 6) is 1.25. The fourth-order valence-electron chi connectivity index (χ4n) is 2.01. The fourth-order valence-corrected chi connectivity index (χ4v) is 2.60. The summed E-state index contributed by atoms with van der Waals surface area (Å²) >= 11 is 3.47. The van der Waals surface area contributed by atoms with Gasteiger partial charge in [-0.2, -0.15) is 0 Å². The number of rotatable bonds is 5. The second-order valence-corrected chi connectivity index (χ2v) is 5.73. The van der Waals surface area contributed by atoms with Gasteiger partial charge in [-0.25, -0.2) is 4.39 Å². The van der Waals surface area contributed by atoms with E-state index in [2.05, 4.69) is 31.6 Å². The molecule has 0 aliphatic heterocycles. The third-order valence-electron chi connectivity index (χ3n) is 3.27. The zero-order chi connectivity index (χ0) is 16.7. The van der Waals surface area contributed by atoms with Crippen LogP contribution in [0.15, 0.2) is 51.9 Å². The van der Waals surface area contributed by atoms with E-state index in [0.29, 0.717) is 19.0 Å². The Morgan fingerprint density at radius 2 is 1.67 bits per heavy atom. The molecule has 0 aromatic heterocycles. The van der Waals surface area contributed by atoms with Crippen molar-refractivity contribution in [1.82, 2.24) is 10.6 Å². The molecule has 7 heteroatoms. The number of guanidine groups is 1. The quantitative estimate of drug-likeness (QED) is 0.364. The van der Waals surface area contributed by atoms with Crippen molar-refractivity contribution < 1.29 is 9.13 Å². The minimum Gasteiger partial charge on any atom is -0.496 e. The van der Waals surface area contributed by atoms with E-state index in [1.54, 1.807) is 26.3 Å². The van der Waals surface area contributed by atoms with Crippen LogP contribution in [0.3, 0.4) is 0 Å². The second kappa shape index (κ2) is 10.5. The fraction of sp³-hybridized carbons (Fsp3) is 0.235. The molecule has 0 bridgehead atoms. The maximum absolute atomic E-state index is 12.9. The van der Waals surface area contributed by atoms with E-state index in [1.165, 1.54) is 12.1 Å². The van der Waals surface area contributed by atoms with Gasteiger partial charge in [-0.3, -0.25) is 4.99 Å². The van der Waals surface area contributed by atoms with E-state index in [1.807, 2.05) is 18.2 Å². The van der Waals surface area contributed by atoms with Crippen LogP contribution in [0.4, 0.5) is 4.39 Å². The number of hydrogen-bond acceptors (Lipinski definition) is 2. The van der Waals surface area contributed by atoms with Gasteiger partial charge in [0.05, 0.1) is 11.6 Å². The first kappa shape index (κ1) is 20.7. The van der Waals surface area contributed by atoms with E-state index < -0.39 is 0 Å². The van der Waals surface area contributed by atoms with Gasteiger partial charge in [0.1, 0.15) is 11.6 Å². The Kier molecular flexibility index (Phi) is 9.05. The van der Waals surface area contributed by atoms with Crippen molar-refractivity contribution in [2.45, 2.75) is 13.1 Å². The molecule has 0 fully saturated rings. The number of hydrogen-bond donors (Lipinski definition) is 2. The zero-order valence-electron chi connectivity index (χ0n) is 13.5. The molecular weight excluding hydrogens is 488 g/mol. The molecule has 0 unspecified atom stereocenters. The number of benzene rings is 2. The normalized spacial score (nSPS) is 10.8. The van der Waals surface area contributed by atoms with Gasteiger partial charge >= 0.3 is 0 Å². The summed E-state index contributed by atoms with van der Waals surface area (Å²) in [6, 6.07) is 12.3. The van der Waals surface area contributed by atoms with Crippen LogP contribution >= 0.6 is 39.9 Å². The Balaban J connectivity index is 0.00000288. The number of halogens is 3. The van der Waals surface area contributed by atoms with Gasteiger partial charge in [0.2, 0.25) is 0 Å². The van der Waals surface area contributed by atoms with Crippen LogP contribution in [0.1, 0.15) is 11.1 Å². The van der Waals surface area contributed by atoms with Gasteiger partial charge in [0, 0.05) is 20.1 Å². The van der Waals surface area contributed by atoms with E-state index in [-0.39, 0.29) is 29.8 Å².